The zero-order valence-electron chi connectivity index (χ0n) is 15.2. The lowest BCUT2D eigenvalue weighted by Crippen LogP contribution is -2.39. The molecule has 2 N–H and O–H groups in total. The van der Waals surface area contributed by atoms with Crippen LogP contribution in [0.2, 0.25) is 0 Å². The van der Waals surface area contributed by atoms with Crippen LogP contribution < -0.4 is 15.5 Å². The Bertz CT molecular complexity index is 908. The summed E-state index contributed by atoms with van der Waals surface area (Å²) in [5.74, 6) is -0.103. The van der Waals surface area contributed by atoms with Gasteiger partial charge in [-0.1, -0.05) is 5.16 Å². The van der Waals surface area contributed by atoms with Crippen LogP contribution in [0.25, 0.3) is 0 Å². The van der Waals surface area contributed by atoms with Crippen LogP contribution in [-0.2, 0) is 17.4 Å². The van der Waals surface area contributed by atoms with Gasteiger partial charge < -0.3 is 20.1 Å². The van der Waals surface area contributed by atoms with E-state index in [4.69, 9.17) is 0 Å². The van der Waals surface area contributed by atoms with Crippen molar-refractivity contribution in [1.82, 2.24) is 20.1 Å². The van der Waals surface area contributed by atoms with Gasteiger partial charge >= 0.3 is 6.18 Å². The van der Waals surface area contributed by atoms with Gasteiger partial charge in [-0.15, -0.1) is 0 Å². The Balaban J connectivity index is 1.35. The summed E-state index contributed by atoms with van der Waals surface area (Å²) in [6, 6.07) is 0.107. The Morgan fingerprint density at radius 3 is 2.71 bits per heavy atom. The summed E-state index contributed by atoms with van der Waals surface area (Å²) in [5, 5.41) is 8.98. The molecular formula is C16H18F3N7O2. The van der Waals surface area contributed by atoms with E-state index in [-0.39, 0.29) is 30.3 Å². The summed E-state index contributed by atoms with van der Waals surface area (Å²) in [7, 11) is 1.78. The van der Waals surface area contributed by atoms with E-state index in [0.717, 1.165) is 12.8 Å². The first-order valence-electron chi connectivity index (χ1n) is 8.75. The highest BCUT2D eigenvalue weighted by Crippen LogP contribution is 2.35. The zero-order chi connectivity index (χ0) is 20.1. The smallest absolute Gasteiger partial charge is 0.351 e. The molecule has 2 aliphatic rings. The predicted octanol–water partition coefficient (Wildman–Crippen LogP) is 2.01. The van der Waals surface area contributed by atoms with Crippen molar-refractivity contribution in [3.8, 4) is 0 Å². The van der Waals surface area contributed by atoms with E-state index < -0.39 is 12.0 Å². The van der Waals surface area contributed by atoms with E-state index in [0.29, 0.717) is 29.6 Å². The molecule has 0 spiro atoms. The van der Waals surface area contributed by atoms with E-state index in [1.165, 1.54) is 0 Å². The maximum atomic E-state index is 12.5. The molecule has 0 aromatic carbocycles. The normalized spacial score (nSPS) is 21.8. The summed E-state index contributed by atoms with van der Waals surface area (Å²) in [6.45, 7) is 2.01. The Labute approximate surface area is 157 Å². The third-order valence-corrected chi connectivity index (χ3v) is 4.83. The topological polar surface area (TPSA) is 109 Å². The van der Waals surface area contributed by atoms with Gasteiger partial charge in [-0.3, -0.25) is 4.79 Å². The SMILES string of the molecule is Cc1nc(NC2CC(Cc3nc(C(F)(F)F)no3)C2)nc2c1NC(=O)CN2C. The molecule has 12 heteroatoms. The molecule has 0 radical (unpaired) electrons. The number of hydrogen-bond donors (Lipinski definition) is 2. The van der Waals surface area contributed by atoms with Crippen molar-refractivity contribution in [2.45, 2.75) is 38.4 Å². The van der Waals surface area contributed by atoms with E-state index in [9.17, 15) is 18.0 Å². The quantitative estimate of drug-likeness (QED) is 0.807. The Morgan fingerprint density at radius 2 is 2.04 bits per heavy atom. The lowest BCUT2D eigenvalue weighted by molar-refractivity contribution is -0.146. The van der Waals surface area contributed by atoms with Gasteiger partial charge in [-0.05, 0) is 25.7 Å². The van der Waals surface area contributed by atoms with E-state index in [2.05, 4.69) is 35.3 Å². The first-order chi connectivity index (χ1) is 13.2. The minimum Gasteiger partial charge on any atom is -0.351 e. The number of carbonyl (C=O) groups excluding carboxylic acids is 1. The fraction of sp³-hybridized carbons (Fsp3) is 0.562. The molecule has 1 aliphatic heterocycles. The largest absolute Gasteiger partial charge is 0.455 e. The highest BCUT2D eigenvalue weighted by Gasteiger charge is 2.38. The van der Waals surface area contributed by atoms with Crippen LogP contribution in [0, 0.1) is 12.8 Å². The summed E-state index contributed by atoms with van der Waals surface area (Å²) >= 11 is 0. The molecule has 9 nitrogen and oxygen atoms in total. The number of halogens is 3. The average Bonchev–Trinajstić information content (AvgIpc) is 3.03. The average molecular weight is 397 g/mol. The molecule has 2 aromatic heterocycles. The molecular weight excluding hydrogens is 379 g/mol. The number of carbonyl (C=O) groups is 1. The first-order valence-corrected chi connectivity index (χ1v) is 8.75. The molecule has 4 rings (SSSR count). The lowest BCUT2D eigenvalue weighted by Gasteiger charge is -2.35. The number of rotatable bonds is 4. The summed E-state index contributed by atoms with van der Waals surface area (Å²) in [4.78, 5) is 25.7. The molecule has 2 aromatic rings. The third kappa shape index (κ3) is 3.58. The van der Waals surface area contributed by atoms with Crippen molar-refractivity contribution >= 4 is 23.4 Å². The highest BCUT2D eigenvalue weighted by molar-refractivity contribution is 6.00. The number of fused-ring (bicyclic) bond motifs is 1. The van der Waals surface area contributed by atoms with Crippen LogP contribution in [0.15, 0.2) is 4.52 Å². The summed E-state index contributed by atoms with van der Waals surface area (Å²) in [5.41, 5.74) is 1.27. The molecule has 1 fully saturated rings. The molecule has 0 bridgehead atoms. The van der Waals surface area contributed by atoms with Gasteiger partial charge in [-0.25, -0.2) is 4.98 Å². The van der Waals surface area contributed by atoms with Crippen LogP contribution in [0.4, 0.5) is 30.6 Å². The molecule has 1 aliphatic carbocycles. The monoisotopic (exact) mass is 397 g/mol. The van der Waals surface area contributed by atoms with Crippen LogP contribution in [-0.4, -0.2) is 45.7 Å². The number of nitrogens with zero attached hydrogens (tertiary/aromatic N) is 5. The Kier molecular flexibility index (Phi) is 4.35. The molecule has 0 unspecified atom stereocenters. The van der Waals surface area contributed by atoms with E-state index in [1.807, 2.05) is 0 Å². The van der Waals surface area contributed by atoms with Crippen molar-refractivity contribution in [3.63, 3.8) is 0 Å². The number of amides is 1. The van der Waals surface area contributed by atoms with Crippen molar-refractivity contribution in [3.05, 3.63) is 17.4 Å². The summed E-state index contributed by atoms with van der Waals surface area (Å²) < 4.78 is 42.2. The number of hydrogen-bond acceptors (Lipinski definition) is 8. The molecule has 1 saturated carbocycles. The van der Waals surface area contributed by atoms with Gasteiger partial charge in [0.15, 0.2) is 5.82 Å². The van der Waals surface area contributed by atoms with Gasteiger partial charge in [0.1, 0.15) is 5.69 Å². The highest BCUT2D eigenvalue weighted by atomic mass is 19.4. The lowest BCUT2D eigenvalue weighted by atomic mass is 9.78. The number of aryl methyl sites for hydroxylation is 1. The molecule has 0 saturated heterocycles. The van der Waals surface area contributed by atoms with Crippen molar-refractivity contribution in [1.29, 1.82) is 0 Å². The van der Waals surface area contributed by atoms with Gasteiger partial charge in [0, 0.05) is 19.5 Å². The fourth-order valence-corrected chi connectivity index (χ4v) is 3.42. The van der Waals surface area contributed by atoms with Crippen LogP contribution >= 0.6 is 0 Å². The van der Waals surface area contributed by atoms with Crippen molar-refractivity contribution < 1.29 is 22.5 Å². The standard InChI is InChI=1S/C16H18F3N7O2/c1-7-12-13(26(2)6-10(27)22-12)24-15(20-7)21-9-3-8(4-9)5-11-23-14(25-28-11)16(17,18)19/h8-9H,3-6H2,1-2H3,(H,22,27)(H,20,21,24). The second-order valence-corrected chi connectivity index (χ2v) is 7.13. The van der Waals surface area contributed by atoms with Gasteiger partial charge in [0.25, 0.3) is 5.82 Å². The number of aromatic nitrogens is 4. The van der Waals surface area contributed by atoms with E-state index >= 15 is 0 Å². The molecule has 3 heterocycles. The van der Waals surface area contributed by atoms with Crippen LogP contribution in [0.5, 0.6) is 0 Å². The maximum Gasteiger partial charge on any atom is 0.455 e. The minimum absolute atomic E-state index is 0.00554. The minimum atomic E-state index is -4.60. The van der Waals surface area contributed by atoms with Gasteiger partial charge in [-0.2, -0.15) is 23.1 Å². The number of nitrogens with one attached hydrogen (secondary N) is 2. The maximum absolute atomic E-state index is 12.5. The van der Waals surface area contributed by atoms with Crippen LogP contribution in [0.3, 0.4) is 0 Å². The number of alkyl halides is 3. The van der Waals surface area contributed by atoms with Crippen LogP contribution in [0.1, 0.15) is 30.3 Å². The zero-order valence-corrected chi connectivity index (χ0v) is 15.2. The second-order valence-electron chi connectivity index (χ2n) is 7.13. The Morgan fingerprint density at radius 1 is 1.29 bits per heavy atom. The molecule has 0 atom stereocenters. The number of likely N-dealkylation sites (N-methyl/N-ethyl adjacent to an activating group) is 1. The summed E-state index contributed by atoms with van der Waals surface area (Å²) in [6.07, 6.45) is -2.83. The Hall–Kier alpha value is -2.92. The molecule has 1 amide bonds. The first kappa shape index (κ1) is 18.4. The molecule has 28 heavy (non-hydrogen) atoms. The van der Waals surface area contributed by atoms with Crippen molar-refractivity contribution in [2.75, 3.05) is 29.1 Å². The van der Waals surface area contributed by atoms with E-state index in [1.54, 1.807) is 18.9 Å². The molecule has 150 valence electrons. The third-order valence-electron chi connectivity index (χ3n) is 4.83. The number of anilines is 3. The second kappa shape index (κ2) is 6.60. The van der Waals surface area contributed by atoms with Gasteiger partial charge in [0.2, 0.25) is 17.7 Å². The van der Waals surface area contributed by atoms with Crippen molar-refractivity contribution in [2.24, 2.45) is 5.92 Å². The fourth-order valence-electron chi connectivity index (χ4n) is 3.42. The van der Waals surface area contributed by atoms with Gasteiger partial charge in [0.05, 0.1) is 12.2 Å². The predicted molar refractivity (Wildman–Crippen MR) is 91.8 cm³/mol.